The Balaban J connectivity index is 2.03. The monoisotopic (exact) mass is 222 g/mol. The predicted molar refractivity (Wildman–Crippen MR) is 58.7 cm³/mol. The third kappa shape index (κ3) is 2.00. The first-order valence-corrected chi connectivity index (χ1v) is 5.05. The number of nitrogens with one attached hydrogen (secondary N) is 2. The molecular formula is C10H14N4O2. The van der Waals surface area contributed by atoms with Crippen LogP contribution in [0, 0.1) is 0 Å². The highest BCUT2D eigenvalue weighted by molar-refractivity contribution is 5.94. The van der Waals surface area contributed by atoms with Crippen LogP contribution in [-0.2, 0) is 11.8 Å². The molecule has 86 valence electrons. The summed E-state index contributed by atoms with van der Waals surface area (Å²) in [5, 5.41) is 5.44. The van der Waals surface area contributed by atoms with Gasteiger partial charge in [0.25, 0.3) is 5.91 Å². The number of anilines is 1. The standard InChI is InChI=1S/C10H14N4O2/c1-14-5-6(11)2-8(14)10(16)13-7-3-9(15)12-4-7/h2,5,7H,3-4,11H2,1H3,(H,12,15)(H,13,16). The van der Waals surface area contributed by atoms with E-state index in [2.05, 4.69) is 10.6 Å². The largest absolute Gasteiger partial charge is 0.397 e. The normalized spacial score (nSPS) is 19.6. The molecule has 16 heavy (non-hydrogen) atoms. The number of aromatic nitrogens is 1. The molecule has 1 atom stereocenters. The first kappa shape index (κ1) is 10.5. The zero-order valence-corrected chi connectivity index (χ0v) is 8.99. The number of nitrogens with two attached hydrogens (primary N) is 1. The quantitative estimate of drug-likeness (QED) is 0.613. The third-order valence-electron chi connectivity index (χ3n) is 2.57. The second kappa shape index (κ2) is 3.88. The van der Waals surface area contributed by atoms with Gasteiger partial charge in [-0.25, -0.2) is 0 Å². The van der Waals surface area contributed by atoms with Gasteiger partial charge in [-0.15, -0.1) is 0 Å². The van der Waals surface area contributed by atoms with Crippen LogP contribution < -0.4 is 16.4 Å². The molecule has 0 bridgehead atoms. The maximum atomic E-state index is 11.8. The van der Waals surface area contributed by atoms with Gasteiger partial charge in [-0.05, 0) is 6.07 Å². The van der Waals surface area contributed by atoms with Crippen LogP contribution in [0.5, 0.6) is 0 Å². The Morgan fingerprint density at radius 1 is 1.69 bits per heavy atom. The summed E-state index contributed by atoms with van der Waals surface area (Å²) in [7, 11) is 1.75. The van der Waals surface area contributed by atoms with E-state index < -0.39 is 0 Å². The van der Waals surface area contributed by atoms with E-state index in [1.165, 1.54) is 0 Å². The Hall–Kier alpha value is -1.98. The maximum Gasteiger partial charge on any atom is 0.268 e. The zero-order valence-electron chi connectivity index (χ0n) is 8.99. The minimum Gasteiger partial charge on any atom is -0.397 e. The summed E-state index contributed by atoms with van der Waals surface area (Å²) >= 11 is 0. The second-order valence-corrected chi connectivity index (χ2v) is 3.95. The van der Waals surface area contributed by atoms with Crippen molar-refractivity contribution in [3.05, 3.63) is 18.0 Å². The number of hydrogen-bond donors (Lipinski definition) is 3. The highest BCUT2D eigenvalue weighted by atomic mass is 16.2. The molecule has 2 amide bonds. The van der Waals surface area contributed by atoms with Gasteiger partial charge in [0.15, 0.2) is 0 Å². The van der Waals surface area contributed by atoms with Gasteiger partial charge in [0, 0.05) is 26.2 Å². The van der Waals surface area contributed by atoms with Gasteiger partial charge in [0.2, 0.25) is 5.91 Å². The number of amides is 2. The van der Waals surface area contributed by atoms with Gasteiger partial charge >= 0.3 is 0 Å². The molecule has 0 radical (unpaired) electrons. The minimum absolute atomic E-state index is 0.0308. The SMILES string of the molecule is Cn1cc(N)cc1C(=O)NC1CNC(=O)C1. The molecule has 0 spiro atoms. The van der Waals surface area contributed by atoms with E-state index in [0.29, 0.717) is 24.3 Å². The number of carbonyl (C=O) groups excluding carboxylic acids is 2. The van der Waals surface area contributed by atoms with Crippen LogP contribution in [0.3, 0.4) is 0 Å². The Bertz CT molecular complexity index is 438. The third-order valence-corrected chi connectivity index (χ3v) is 2.57. The molecule has 1 saturated heterocycles. The van der Waals surface area contributed by atoms with Gasteiger partial charge < -0.3 is 20.9 Å². The van der Waals surface area contributed by atoms with Crippen molar-refractivity contribution >= 4 is 17.5 Å². The van der Waals surface area contributed by atoms with Crippen LogP contribution in [0.25, 0.3) is 0 Å². The number of nitrogens with zero attached hydrogens (tertiary/aromatic N) is 1. The second-order valence-electron chi connectivity index (χ2n) is 3.95. The molecule has 1 aromatic rings. The Morgan fingerprint density at radius 2 is 2.44 bits per heavy atom. The van der Waals surface area contributed by atoms with Crippen molar-refractivity contribution in [3.8, 4) is 0 Å². The summed E-state index contributed by atoms with van der Waals surface area (Å²) in [5.74, 6) is -0.239. The fraction of sp³-hybridized carbons (Fsp3) is 0.400. The fourth-order valence-electron chi connectivity index (χ4n) is 1.78. The number of rotatable bonds is 2. The Morgan fingerprint density at radius 3 is 2.94 bits per heavy atom. The molecule has 0 saturated carbocycles. The van der Waals surface area contributed by atoms with E-state index in [0.717, 1.165) is 0 Å². The van der Waals surface area contributed by atoms with Crippen molar-refractivity contribution in [2.24, 2.45) is 7.05 Å². The van der Waals surface area contributed by atoms with Crippen LogP contribution in [0.4, 0.5) is 5.69 Å². The average Bonchev–Trinajstić information content (AvgIpc) is 2.73. The summed E-state index contributed by atoms with van der Waals surface area (Å²) in [5.41, 5.74) is 6.63. The molecule has 6 nitrogen and oxygen atoms in total. The van der Waals surface area contributed by atoms with E-state index in [4.69, 9.17) is 5.73 Å². The van der Waals surface area contributed by atoms with Crippen LogP contribution in [-0.4, -0.2) is 29.0 Å². The Kier molecular flexibility index (Phi) is 2.55. The molecular weight excluding hydrogens is 208 g/mol. The molecule has 1 unspecified atom stereocenters. The van der Waals surface area contributed by atoms with Crippen LogP contribution in [0.1, 0.15) is 16.9 Å². The minimum atomic E-state index is -0.208. The van der Waals surface area contributed by atoms with E-state index in [1.807, 2.05) is 0 Å². The molecule has 1 aromatic heterocycles. The molecule has 2 heterocycles. The lowest BCUT2D eigenvalue weighted by Gasteiger charge is -2.10. The molecule has 6 heteroatoms. The lowest BCUT2D eigenvalue weighted by atomic mass is 10.2. The highest BCUT2D eigenvalue weighted by Gasteiger charge is 2.24. The lowest BCUT2D eigenvalue weighted by molar-refractivity contribution is -0.119. The molecule has 2 rings (SSSR count). The van der Waals surface area contributed by atoms with Crippen molar-refractivity contribution in [3.63, 3.8) is 0 Å². The number of carbonyl (C=O) groups is 2. The van der Waals surface area contributed by atoms with E-state index in [-0.39, 0.29) is 17.9 Å². The summed E-state index contributed by atoms with van der Waals surface area (Å²) < 4.78 is 1.66. The van der Waals surface area contributed by atoms with E-state index in [9.17, 15) is 9.59 Å². The average molecular weight is 222 g/mol. The van der Waals surface area contributed by atoms with Gasteiger partial charge in [0.1, 0.15) is 5.69 Å². The molecule has 0 aromatic carbocycles. The molecule has 1 fully saturated rings. The summed E-state index contributed by atoms with van der Waals surface area (Å²) in [4.78, 5) is 22.8. The molecule has 0 aliphatic carbocycles. The molecule has 1 aliphatic rings. The van der Waals surface area contributed by atoms with Crippen molar-refractivity contribution < 1.29 is 9.59 Å². The summed E-state index contributed by atoms with van der Waals surface area (Å²) in [6.45, 7) is 0.491. The molecule has 1 aliphatic heterocycles. The van der Waals surface area contributed by atoms with E-state index in [1.54, 1.807) is 23.9 Å². The lowest BCUT2D eigenvalue weighted by Crippen LogP contribution is -2.37. The van der Waals surface area contributed by atoms with Crippen LogP contribution in [0.15, 0.2) is 12.3 Å². The summed E-state index contributed by atoms with van der Waals surface area (Å²) in [6, 6.07) is 1.48. The first-order chi connectivity index (χ1) is 7.56. The maximum absolute atomic E-state index is 11.8. The highest BCUT2D eigenvalue weighted by Crippen LogP contribution is 2.09. The van der Waals surface area contributed by atoms with Crippen LogP contribution in [0.2, 0.25) is 0 Å². The Labute approximate surface area is 92.8 Å². The van der Waals surface area contributed by atoms with Gasteiger partial charge in [-0.1, -0.05) is 0 Å². The van der Waals surface area contributed by atoms with E-state index >= 15 is 0 Å². The number of nitrogen functional groups attached to an aromatic ring is 1. The molecule has 4 N–H and O–H groups in total. The topological polar surface area (TPSA) is 89.2 Å². The van der Waals surface area contributed by atoms with Gasteiger partial charge in [0.05, 0.1) is 11.7 Å². The van der Waals surface area contributed by atoms with Crippen molar-refractivity contribution in [2.45, 2.75) is 12.5 Å². The number of hydrogen-bond acceptors (Lipinski definition) is 3. The zero-order chi connectivity index (χ0) is 11.7. The first-order valence-electron chi connectivity index (χ1n) is 5.05. The predicted octanol–water partition coefficient (Wildman–Crippen LogP) is -0.774. The van der Waals surface area contributed by atoms with Gasteiger partial charge in [-0.3, -0.25) is 9.59 Å². The van der Waals surface area contributed by atoms with Crippen molar-refractivity contribution in [2.75, 3.05) is 12.3 Å². The van der Waals surface area contributed by atoms with Crippen LogP contribution >= 0.6 is 0 Å². The van der Waals surface area contributed by atoms with Crippen molar-refractivity contribution in [1.82, 2.24) is 15.2 Å². The fourth-order valence-corrected chi connectivity index (χ4v) is 1.78. The number of aryl methyl sites for hydroxylation is 1. The van der Waals surface area contributed by atoms with Crippen molar-refractivity contribution in [1.29, 1.82) is 0 Å². The smallest absolute Gasteiger partial charge is 0.268 e. The summed E-state index contributed by atoms with van der Waals surface area (Å²) in [6.07, 6.45) is 2.01. The van der Waals surface area contributed by atoms with Gasteiger partial charge in [-0.2, -0.15) is 0 Å².